The summed E-state index contributed by atoms with van der Waals surface area (Å²) in [5, 5.41) is 8.91. The SMILES string of the molecule is N#Cc1ncc(N2C(=O)CCCN(c3ccc(OCCC4CCCCC4)c(F)c3)C2=S)cc1C(F)(F)F. The van der Waals surface area contributed by atoms with Crippen LogP contribution in [0, 0.1) is 23.1 Å². The molecule has 4 rings (SSSR count). The number of nitrogens with zero attached hydrogens (tertiary/aromatic N) is 4. The first kappa shape index (κ1) is 26.8. The number of pyridine rings is 1. The standard InChI is InChI=1S/C26H26F4N4O2S/c27-21-14-18(8-9-23(21)36-12-10-17-5-2-1-3-6-17)33-11-4-7-24(35)34(25(33)37)19-13-20(26(28,29)30)22(15-31)32-16-19/h8-9,13-14,16-17H,1-7,10-12H2. The number of halogens is 4. The summed E-state index contributed by atoms with van der Waals surface area (Å²) in [4.78, 5) is 18.9. The van der Waals surface area contributed by atoms with Crippen molar-refractivity contribution in [2.45, 2.75) is 57.5 Å². The number of carbonyl (C=O) groups is 1. The van der Waals surface area contributed by atoms with Crippen molar-refractivity contribution in [3.8, 4) is 11.8 Å². The summed E-state index contributed by atoms with van der Waals surface area (Å²) < 4.78 is 61.0. The first-order valence-electron chi connectivity index (χ1n) is 12.2. The summed E-state index contributed by atoms with van der Waals surface area (Å²) >= 11 is 5.50. The van der Waals surface area contributed by atoms with Gasteiger partial charge in [-0.3, -0.25) is 9.69 Å². The Morgan fingerprint density at radius 2 is 1.89 bits per heavy atom. The predicted molar refractivity (Wildman–Crippen MR) is 134 cm³/mol. The molecule has 37 heavy (non-hydrogen) atoms. The van der Waals surface area contributed by atoms with Crippen LogP contribution in [0.1, 0.15) is 62.6 Å². The van der Waals surface area contributed by atoms with Gasteiger partial charge >= 0.3 is 6.18 Å². The van der Waals surface area contributed by atoms with E-state index in [0.717, 1.165) is 17.5 Å². The van der Waals surface area contributed by atoms with Gasteiger partial charge in [-0.2, -0.15) is 18.4 Å². The molecule has 2 aliphatic rings. The summed E-state index contributed by atoms with van der Waals surface area (Å²) in [7, 11) is 0. The van der Waals surface area contributed by atoms with Crippen LogP contribution in [0.4, 0.5) is 28.9 Å². The Hall–Kier alpha value is -3.26. The van der Waals surface area contributed by atoms with Gasteiger partial charge in [0, 0.05) is 24.7 Å². The lowest BCUT2D eigenvalue weighted by atomic mass is 9.87. The van der Waals surface area contributed by atoms with Crippen LogP contribution in [-0.4, -0.2) is 29.2 Å². The first-order chi connectivity index (χ1) is 17.7. The molecule has 6 nitrogen and oxygen atoms in total. The lowest BCUT2D eigenvalue weighted by molar-refractivity contribution is -0.138. The van der Waals surface area contributed by atoms with E-state index < -0.39 is 29.2 Å². The highest BCUT2D eigenvalue weighted by Crippen LogP contribution is 2.35. The minimum atomic E-state index is -4.85. The number of thiocarbonyl (C=S) groups is 1. The van der Waals surface area contributed by atoms with E-state index >= 15 is 0 Å². The number of amides is 1. The van der Waals surface area contributed by atoms with Crippen molar-refractivity contribution in [1.82, 2.24) is 4.98 Å². The molecule has 1 aliphatic carbocycles. The second kappa shape index (κ2) is 11.4. The summed E-state index contributed by atoms with van der Waals surface area (Å²) in [6.45, 7) is 0.677. The van der Waals surface area contributed by atoms with E-state index in [0.29, 0.717) is 30.7 Å². The van der Waals surface area contributed by atoms with E-state index in [4.69, 9.17) is 22.2 Å². The third kappa shape index (κ3) is 6.18. The van der Waals surface area contributed by atoms with Crippen molar-refractivity contribution in [1.29, 1.82) is 5.26 Å². The van der Waals surface area contributed by atoms with Crippen molar-refractivity contribution >= 4 is 34.6 Å². The Balaban J connectivity index is 1.54. The van der Waals surface area contributed by atoms with Gasteiger partial charge in [-0.05, 0) is 49.2 Å². The smallest absolute Gasteiger partial charge is 0.419 e. The molecule has 11 heteroatoms. The fraction of sp³-hybridized carbons (Fsp3) is 0.462. The second-order valence-corrected chi connectivity index (χ2v) is 9.59. The maximum Gasteiger partial charge on any atom is 0.419 e. The highest BCUT2D eigenvalue weighted by molar-refractivity contribution is 7.81. The highest BCUT2D eigenvalue weighted by atomic mass is 32.1. The normalized spacial score (nSPS) is 17.5. The minimum Gasteiger partial charge on any atom is -0.491 e. The monoisotopic (exact) mass is 534 g/mol. The Morgan fingerprint density at radius 3 is 2.57 bits per heavy atom. The molecule has 0 radical (unpaired) electrons. The molecule has 1 aromatic carbocycles. The summed E-state index contributed by atoms with van der Waals surface area (Å²) in [6.07, 6.45) is 3.45. The fourth-order valence-corrected chi connectivity index (χ4v) is 5.19. The number of ether oxygens (including phenoxy) is 1. The van der Waals surface area contributed by atoms with E-state index in [1.807, 2.05) is 0 Å². The molecule has 1 aliphatic heterocycles. The van der Waals surface area contributed by atoms with Crippen LogP contribution < -0.4 is 14.5 Å². The van der Waals surface area contributed by atoms with Crippen LogP contribution in [0.5, 0.6) is 5.75 Å². The van der Waals surface area contributed by atoms with Crippen LogP contribution in [-0.2, 0) is 11.0 Å². The van der Waals surface area contributed by atoms with E-state index in [-0.39, 0.29) is 29.5 Å². The average molecular weight is 535 g/mol. The van der Waals surface area contributed by atoms with Crippen molar-refractivity contribution in [2.24, 2.45) is 5.92 Å². The van der Waals surface area contributed by atoms with E-state index in [1.165, 1.54) is 55.2 Å². The number of anilines is 2. The number of hydrogen-bond donors (Lipinski definition) is 0. The number of rotatable bonds is 6. The molecule has 1 saturated carbocycles. The van der Waals surface area contributed by atoms with Gasteiger partial charge in [0.25, 0.3) is 0 Å². The molecule has 2 heterocycles. The molecule has 1 aromatic heterocycles. The maximum absolute atomic E-state index is 14.9. The van der Waals surface area contributed by atoms with Gasteiger partial charge in [-0.15, -0.1) is 0 Å². The summed E-state index contributed by atoms with van der Waals surface area (Å²) in [5.41, 5.74) is -1.93. The lowest BCUT2D eigenvalue weighted by Crippen LogP contribution is -2.44. The molecule has 0 spiro atoms. The van der Waals surface area contributed by atoms with Gasteiger partial charge in [-0.1, -0.05) is 32.1 Å². The summed E-state index contributed by atoms with van der Waals surface area (Å²) in [5.74, 6) is -0.399. The molecule has 0 bridgehead atoms. The Morgan fingerprint density at radius 1 is 1.14 bits per heavy atom. The van der Waals surface area contributed by atoms with Crippen molar-refractivity contribution in [2.75, 3.05) is 23.0 Å². The molecule has 0 unspecified atom stereocenters. The van der Waals surface area contributed by atoms with E-state index in [2.05, 4.69) is 4.98 Å². The third-order valence-electron chi connectivity index (χ3n) is 6.72. The largest absolute Gasteiger partial charge is 0.491 e. The third-order valence-corrected chi connectivity index (χ3v) is 7.13. The first-order valence-corrected chi connectivity index (χ1v) is 12.6. The van der Waals surface area contributed by atoms with Crippen LogP contribution >= 0.6 is 12.2 Å². The van der Waals surface area contributed by atoms with Crippen molar-refractivity contribution in [3.63, 3.8) is 0 Å². The average Bonchev–Trinajstić information content (AvgIpc) is 3.02. The molecular weight excluding hydrogens is 508 g/mol. The molecule has 1 amide bonds. The van der Waals surface area contributed by atoms with E-state index in [9.17, 15) is 22.4 Å². The number of nitriles is 1. The summed E-state index contributed by atoms with van der Waals surface area (Å²) in [6, 6.07) is 6.45. The molecular formula is C26H26F4N4O2S. The highest BCUT2D eigenvalue weighted by Gasteiger charge is 2.37. The van der Waals surface area contributed by atoms with Gasteiger partial charge < -0.3 is 9.64 Å². The fourth-order valence-electron chi connectivity index (χ4n) is 4.78. The predicted octanol–water partition coefficient (Wildman–Crippen LogP) is 6.38. The molecule has 1 saturated heterocycles. The number of alkyl halides is 3. The topological polar surface area (TPSA) is 69.5 Å². The zero-order valence-electron chi connectivity index (χ0n) is 20.1. The number of hydrogen-bond acceptors (Lipinski definition) is 5. The molecule has 2 aromatic rings. The number of aromatic nitrogens is 1. The number of benzene rings is 1. The van der Waals surface area contributed by atoms with Crippen molar-refractivity contribution in [3.05, 3.63) is 47.5 Å². The van der Waals surface area contributed by atoms with Crippen LogP contribution in [0.15, 0.2) is 30.5 Å². The Kier molecular flexibility index (Phi) is 8.27. The molecule has 0 atom stereocenters. The maximum atomic E-state index is 14.9. The molecule has 2 fully saturated rings. The van der Waals surface area contributed by atoms with Gasteiger partial charge in [0.15, 0.2) is 22.4 Å². The molecule has 196 valence electrons. The molecule has 0 N–H and O–H groups in total. The van der Waals surface area contributed by atoms with Crippen molar-refractivity contribution < 1.29 is 27.1 Å². The lowest BCUT2D eigenvalue weighted by Gasteiger charge is -2.30. The Labute approximate surface area is 217 Å². The quantitative estimate of drug-likeness (QED) is 0.317. The van der Waals surface area contributed by atoms with Gasteiger partial charge in [0.1, 0.15) is 6.07 Å². The second-order valence-electron chi connectivity index (χ2n) is 9.22. The van der Waals surface area contributed by atoms with Crippen LogP contribution in [0.25, 0.3) is 0 Å². The van der Waals surface area contributed by atoms with Gasteiger partial charge in [-0.25, -0.2) is 9.37 Å². The van der Waals surface area contributed by atoms with Crippen LogP contribution in [0.3, 0.4) is 0 Å². The van der Waals surface area contributed by atoms with Gasteiger partial charge in [0.2, 0.25) is 5.91 Å². The zero-order chi connectivity index (χ0) is 26.6. The Bertz CT molecular complexity index is 1210. The van der Waals surface area contributed by atoms with E-state index in [1.54, 1.807) is 6.07 Å². The van der Waals surface area contributed by atoms with Crippen LogP contribution in [0.2, 0.25) is 0 Å². The minimum absolute atomic E-state index is 0.0167. The van der Waals surface area contributed by atoms with Gasteiger partial charge in [0.05, 0.1) is 24.1 Å². The zero-order valence-corrected chi connectivity index (χ0v) is 20.9. The number of carbonyl (C=O) groups excluding carboxylic acids is 1.